The molecule has 0 bridgehead atoms. The summed E-state index contributed by atoms with van der Waals surface area (Å²) in [4.78, 5) is 31.1. The molecule has 0 aromatic heterocycles. The Hall–Kier alpha value is -3.04. The highest BCUT2D eigenvalue weighted by atomic mass is 19.1. The first kappa shape index (κ1) is 23.6. The van der Waals surface area contributed by atoms with Crippen LogP contribution in [0.1, 0.15) is 11.6 Å². The molecular weight excluding hydrogens is 416 g/mol. The van der Waals surface area contributed by atoms with E-state index in [4.69, 9.17) is 0 Å². The van der Waals surface area contributed by atoms with Gasteiger partial charge in [0.05, 0.1) is 11.7 Å². The molecule has 2 aromatic carbocycles. The van der Waals surface area contributed by atoms with Gasteiger partial charge in [-0.3, -0.25) is 14.5 Å². The Balaban J connectivity index is 1.68. The average Bonchev–Trinajstić information content (AvgIpc) is 2.77. The molecule has 0 aliphatic carbocycles. The van der Waals surface area contributed by atoms with Crippen molar-refractivity contribution in [1.29, 1.82) is 0 Å². The van der Waals surface area contributed by atoms with Gasteiger partial charge in [-0.25, -0.2) is 8.78 Å². The maximum Gasteiger partial charge on any atom is 0.313 e. The molecule has 0 radical (unpaired) electrons. The van der Waals surface area contributed by atoms with Gasteiger partial charge < -0.3 is 20.4 Å². The monoisotopic (exact) mass is 445 g/mol. The van der Waals surface area contributed by atoms with E-state index in [9.17, 15) is 18.4 Å². The van der Waals surface area contributed by atoms with E-state index in [2.05, 4.69) is 27.5 Å². The van der Waals surface area contributed by atoms with E-state index in [-0.39, 0.29) is 18.3 Å². The molecule has 0 spiro atoms. The SMILES string of the molecule is CN1CCN([C@@H](CNC(=O)C(=O)Nc2ccc(F)cc2F)c2ccc(N(C)C)cc2)CC1. The lowest BCUT2D eigenvalue weighted by atomic mass is 10.0. The van der Waals surface area contributed by atoms with E-state index in [1.54, 1.807) is 0 Å². The summed E-state index contributed by atoms with van der Waals surface area (Å²) < 4.78 is 26.8. The molecule has 1 aliphatic rings. The molecule has 0 saturated carbocycles. The molecule has 1 aliphatic heterocycles. The Morgan fingerprint density at radius 3 is 2.25 bits per heavy atom. The largest absolute Gasteiger partial charge is 0.378 e. The number of nitrogens with one attached hydrogen (secondary N) is 2. The van der Waals surface area contributed by atoms with Crippen molar-refractivity contribution >= 4 is 23.2 Å². The molecule has 2 amide bonds. The fraction of sp³-hybridized carbons (Fsp3) is 0.391. The summed E-state index contributed by atoms with van der Waals surface area (Å²) in [5.41, 5.74) is 1.85. The topological polar surface area (TPSA) is 67.9 Å². The van der Waals surface area contributed by atoms with Crippen molar-refractivity contribution in [2.24, 2.45) is 0 Å². The first-order chi connectivity index (χ1) is 15.2. The van der Waals surface area contributed by atoms with Crippen LogP contribution < -0.4 is 15.5 Å². The zero-order valence-corrected chi connectivity index (χ0v) is 18.6. The number of nitrogens with zero attached hydrogens (tertiary/aromatic N) is 3. The van der Waals surface area contributed by atoms with Crippen molar-refractivity contribution in [3.63, 3.8) is 0 Å². The number of amides is 2. The number of hydrogen-bond acceptors (Lipinski definition) is 5. The molecule has 172 valence electrons. The number of carbonyl (C=O) groups is 2. The van der Waals surface area contributed by atoms with Crippen LogP contribution in [0.15, 0.2) is 42.5 Å². The van der Waals surface area contributed by atoms with Gasteiger partial charge >= 0.3 is 11.8 Å². The van der Waals surface area contributed by atoms with E-state index < -0.39 is 23.4 Å². The summed E-state index contributed by atoms with van der Waals surface area (Å²) in [5.74, 6) is -3.59. The lowest BCUT2D eigenvalue weighted by molar-refractivity contribution is -0.136. The summed E-state index contributed by atoms with van der Waals surface area (Å²) in [6.45, 7) is 3.71. The summed E-state index contributed by atoms with van der Waals surface area (Å²) in [6, 6.07) is 10.7. The van der Waals surface area contributed by atoms with Crippen LogP contribution in [0.5, 0.6) is 0 Å². The lowest BCUT2D eigenvalue weighted by Crippen LogP contribution is -2.49. The number of halogens is 2. The van der Waals surface area contributed by atoms with Crippen LogP contribution in [-0.4, -0.2) is 75.5 Å². The predicted octanol–water partition coefficient (Wildman–Crippen LogP) is 2.07. The molecule has 2 N–H and O–H groups in total. The number of carbonyl (C=O) groups excluding carboxylic acids is 2. The van der Waals surface area contributed by atoms with E-state index in [1.165, 1.54) is 0 Å². The fourth-order valence-electron chi connectivity index (χ4n) is 3.63. The molecule has 3 rings (SSSR count). The van der Waals surface area contributed by atoms with Gasteiger partial charge in [-0.15, -0.1) is 0 Å². The van der Waals surface area contributed by atoms with Crippen LogP contribution >= 0.6 is 0 Å². The normalized spacial score (nSPS) is 15.8. The Morgan fingerprint density at radius 2 is 1.66 bits per heavy atom. The van der Waals surface area contributed by atoms with E-state index in [1.807, 2.05) is 43.3 Å². The number of hydrogen-bond donors (Lipinski definition) is 2. The van der Waals surface area contributed by atoms with Crippen LogP contribution in [0.4, 0.5) is 20.2 Å². The highest BCUT2D eigenvalue weighted by molar-refractivity contribution is 6.39. The number of piperazine rings is 1. The molecule has 7 nitrogen and oxygen atoms in total. The molecule has 32 heavy (non-hydrogen) atoms. The average molecular weight is 446 g/mol. The second-order valence-electron chi connectivity index (χ2n) is 8.13. The number of rotatable bonds is 6. The Kier molecular flexibility index (Phi) is 7.76. The van der Waals surface area contributed by atoms with Crippen molar-refractivity contribution in [3.8, 4) is 0 Å². The number of benzene rings is 2. The van der Waals surface area contributed by atoms with Crippen molar-refractivity contribution in [2.45, 2.75) is 6.04 Å². The van der Waals surface area contributed by atoms with Gasteiger partial charge in [0.15, 0.2) is 0 Å². The highest BCUT2D eigenvalue weighted by Crippen LogP contribution is 2.24. The third kappa shape index (κ3) is 6.02. The van der Waals surface area contributed by atoms with Gasteiger partial charge in [-0.2, -0.15) is 0 Å². The first-order valence-electron chi connectivity index (χ1n) is 10.5. The van der Waals surface area contributed by atoms with Crippen molar-refractivity contribution < 1.29 is 18.4 Å². The third-order valence-corrected chi connectivity index (χ3v) is 5.61. The Bertz CT molecular complexity index is 944. The van der Waals surface area contributed by atoms with Crippen LogP contribution in [0.2, 0.25) is 0 Å². The quantitative estimate of drug-likeness (QED) is 0.667. The second-order valence-corrected chi connectivity index (χ2v) is 8.13. The highest BCUT2D eigenvalue weighted by Gasteiger charge is 2.26. The van der Waals surface area contributed by atoms with Gasteiger partial charge in [-0.05, 0) is 36.9 Å². The molecular formula is C23H29F2N5O2. The van der Waals surface area contributed by atoms with Gasteiger partial charge in [0.1, 0.15) is 11.6 Å². The van der Waals surface area contributed by atoms with Crippen LogP contribution in [0.25, 0.3) is 0 Å². The van der Waals surface area contributed by atoms with Gasteiger partial charge in [0.2, 0.25) is 0 Å². The Morgan fingerprint density at radius 1 is 1.00 bits per heavy atom. The van der Waals surface area contributed by atoms with E-state index in [0.29, 0.717) is 6.07 Å². The maximum absolute atomic E-state index is 13.8. The molecule has 1 atom stereocenters. The zero-order valence-electron chi connectivity index (χ0n) is 18.6. The first-order valence-corrected chi connectivity index (χ1v) is 10.5. The zero-order chi connectivity index (χ0) is 23.3. The van der Waals surface area contributed by atoms with Gasteiger partial charge in [-0.1, -0.05) is 12.1 Å². The van der Waals surface area contributed by atoms with E-state index in [0.717, 1.165) is 49.6 Å². The number of anilines is 2. The summed E-state index contributed by atoms with van der Waals surface area (Å²) in [6.07, 6.45) is 0. The maximum atomic E-state index is 13.8. The van der Waals surface area contributed by atoms with Crippen LogP contribution in [0, 0.1) is 11.6 Å². The standard InChI is InChI=1S/C23H29F2N5O2/c1-28(2)18-7-4-16(5-8-18)21(30-12-10-29(3)11-13-30)15-26-22(31)23(32)27-20-9-6-17(24)14-19(20)25/h4-9,14,21H,10-13,15H2,1-3H3,(H,26,31)(H,27,32)/t21-/m0/s1. The second kappa shape index (κ2) is 10.5. The van der Waals surface area contributed by atoms with Crippen LogP contribution in [0.3, 0.4) is 0 Å². The van der Waals surface area contributed by atoms with Crippen molar-refractivity contribution in [3.05, 3.63) is 59.7 Å². The van der Waals surface area contributed by atoms with Crippen LogP contribution in [-0.2, 0) is 9.59 Å². The molecule has 1 fully saturated rings. The number of likely N-dealkylation sites (N-methyl/N-ethyl adjacent to an activating group) is 1. The summed E-state index contributed by atoms with van der Waals surface area (Å²) in [7, 11) is 6.00. The Labute approximate surface area is 187 Å². The van der Waals surface area contributed by atoms with Crippen molar-refractivity contribution in [1.82, 2.24) is 15.1 Å². The smallest absolute Gasteiger partial charge is 0.313 e. The predicted molar refractivity (Wildman–Crippen MR) is 121 cm³/mol. The summed E-state index contributed by atoms with van der Waals surface area (Å²) >= 11 is 0. The third-order valence-electron chi connectivity index (χ3n) is 5.61. The lowest BCUT2D eigenvalue weighted by Gasteiger charge is -2.38. The van der Waals surface area contributed by atoms with Gasteiger partial charge in [0.25, 0.3) is 0 Å². The van der Waals surface area contributed by atoms with Crippen molar-refractivity contribution in [2.75, 3.05) is 64.1 Å². The fourth-order valence-corrected chi connectivity index (χ4v) is 3.63. The minimum Gasteiger partial charge on any atom is -0.378 e. The summed E-state index contributed by atoms with van der Waals surface area (Å²) in [5, 5.41) is 4.85. The molecule has 2 aromatic rings. The minimum absolute atomic E-state index is 0.112. The minimum atomic E-state index is -1.00. The molecule has 9 heteroatoms. The molecule has 1 heterocycles. The molecule has 0 unspecified atom stereocenters. The molecule has 1 saturated heterocycles. The van der Waals surface area contributed by atoms with E-state index >= 15 is 0 Å². The van der Waals surface area contributed by atoms with Gasteiger partial charge in [0, 0.05) is 58.6 Å².